The largest absolute Gasteiger partial charge is 0.496 e. The van der Waals surface area contributed by atoms with Gasteiger partial charge in [-0.1, -0.05) is 48.5 Å². The Morgan fingerprint density at radius 2 is 1.73 bits per heavy atom. The molecular formula is C27H27N3O3. The Hall–Kier alpha value is -3.80. The number of rotatable bonds is 5. The van der Waals surface area contributed by atoms with Crippen LogP contribution in [-0.2, 0) is 17.8 Å². The van der Waals surface area contributed by atoms with Gasteiger partial charge in [0, 0.05) is 30.4 Å². The van der Waals surface area contributed by atoms with E-state index in [4.69, 9.17) is 4.74 Å². The zero-order valence-electron chi connectivity index (χ0n) is 18.6. The van der Waals surface area contributed by atoms with Crippen LogP contribution >= 0.6 is 0 Å². The molecule has 1 aliphatic heterocycles. The smallest absolute Gasteiger partial charge is 0.323 e. The van der Waals surface area contributed by atoms with Gasteiger partial charge in [-0.2, -0.15) is 0 Å². The molecule has 2 unspecified atom stereocenters. The molecule has 2 atom stereocenters. The summed E-state index contributed by atoms with van der Waals surface area (Å²) < 4.78 is 5.48. The molecule has 33 heavy (non-hydrogen) atoms. The van der Waals surface area contributed by atoms with Crippen molar-refractivity contribution in [3.05, 3.63) is 89.5 Å². The van der Waals surface area contributed by atoms with Crippen molar-refractivity contribution in [1.82, 2.24) is 4.90 Å². The average Bonchev–Trinajstić information content (AvgIpc) is 3.65. The Kier molecular flexibility index (Phi) is 5.73. The molecule has 1 fully saturated rings. The highest BCUT2D eigenvalue weighted by molar-refractivity contribution is 6.00. The lowest BCUT2D eigenvalue weighted by Crippen LogP contribution is -2.37. The number of nitrogens with one attached hydrogen (secondary N) is 2. The number of para-hydroxylation sites is 2. The number of hydrogen-bond acceptors (Lipinski definition) is 3. The molecule has 0 radical (unpaired) electrons. The Bertz CT molecular complexity index is 1180. The second kappa shape index (κ2) is 8.98. The van der Waals surface area contributed by atoms with E-state index in [0.717, 1.165) is 46.7 Å². The third kappa shape index (κ3) is 4.42. The highest BCUT2D eigenvalue weighted by Crippen LogP contribution is 2.51. The van der Waals surface area contributed by atoms with Crippen LogP contribution in [0.4, 0.5) is 16.2 Å². The van der Waals surface area contributed by atoms with Crippen molar-refractivity contribution in [2.45, 2.75) is 25.3 Å². The monoisotopic (exact) mass is 441 g/mol. The lowest BCUT2D eigenvalue weighted by Gasteiger charge is -2.30. The van der Waals surface area contributed by atoms with E-state index < -0.39 is 0 Å². The van der Waals surface area contributed by atoms with Crippen LogP contribution in [0.3, 0.4) is 0 Å². The van der Waals surface area contributed by atoms with Crippen molar-refractivity contribution < 1.29 is 14.3 Å². The van der Waals surface area contributed by atoms with Crippen molar-refractivity contribution in [3.63, 3.8) is 0 Å². The molecule has 6 heteroatoms. The molecule has 0 spiro atoms. The minimum absolute atomic E-state index is 0.0146. The SMILES string of the molecule is COc1ccccc1C1CC1C(=O)N1CCc2c(cccc2NC(=O)Nc2ccccc2)C1. The minimum Gasteiger partial charge on any atom is -0.496 e. The maximum absolute atomic E-state index is 13.2. The number of ether oxygens (including phenoxy) is 1. The Morgan fingerprint density at radius 1 is 0.939 bits per heavy atom. The number of methoxy groups -OCH3 is 1. The topological polar surface area (TPSA) is 70.7 Å². The van der Waals surface area contributed by atoms with Crippen LogP contribution in [0.5, 0.6) is 5.75 Å². The van der Waals surface area contributed by atoms with Crippen molar-refractivity contribution in [2.75, 3.05) is 24.3 Å². The average molecular weight is 442 g/mol. The van der Waals surface area contributed by atoms with Gasteiger partial charge in [-0.3, -0.25) is 4.79 Å². The van der Waals surface area contributed by atoms with Crippen molar-refractivity contribution >= 4 is 23.3 Å². The van der Waals surface area contributed by atoms with Gasteiger partial charge in [0.2, 0.25) is 5.91 Å². The van der Waals surface area contributed by atoms with Crippen LogP contribution in [0.2, 0.25) is 0 Å². The molecule has 6 nitrogen and oxygen atoms in total. The highest BCUT2D eigenvalue weighted by atomic mass is 16.5. The fourth-order valence-corrected chi connectivity index (χ4v) is 4.74. The summed E-state index contributed by atoms with van der Waals surface area (Å²) in [6, 6.07) is 22.9. The van der Waals surface area contributed by atoms with E-state index in [9.17, 15) is 9.59 Å². The number of nitrogens with zero attached hydrogens (tertiary/aromatic N) is 1. The van der Waals surface area contributed by atoms with Gasteiger partial charge in [0.05, 0.1) is 7.11 Å². The maximum atomic E-state index is 13.2. The number of urea groups is 1. The molecule has 5 rings (SSSR count). The van der Waals surface area contributed by atoms with Crippen LogP contribution in [0.15, 0.2) is 72.8 Å². The Morgan fingerprint density at radius 3 is 2.55 bits per heavy atom. The van der Waals surface area contributed by atoms with E-state index in [1.54, 1.807) is 7.11 Å². The third-order valence-electron chi connectivity index (χ3n) is 6.50. The number of amides is 3. The first-order valence-corrected chi connectivity index (χ1v) is 11.3. The number of hydrogen-bond donors (Lipinski definition) is 2. The lowest BCUT2D eigenvalue weighted by atomic mass is 9.97. The summed E-state index contributed by atoms with van der Waals surface area (Å²) in [7, 11) is 1.67. The quantitative estimate of drug-likeness (QED) is 0.584. The molecule has 0 bridgehead atoms. The van der Waals surface area contributed by atoms with E-state index in [1.807, 2.05) is 71.6 Å². The fraction of sp³-hybridized carbons (Fsp3) is 0.259. The number of carbonyl (C=O) groups is 2. The number of carbonyl (C=O) groups excluding carboxylic acids is 2. The van der Waals surface area contributed by atoms with Gasteiger partial charge in [-0.25, -0.2) is 4.79 Å². The first kappa shape index (κ1) is 21.1. The molecule has 1 aliphatic carbocycles. The summed E-state index contributed by atoms with van der Waals surface area (Å²) in [5.74, 6) is 1.30. The fourth-order valence-electron chi connectivity index (χ4n) is 4.74. The molecule has 3 amide bonds. The van der Waals surface area contributed by atoms with Gasteiger partial charge in [0.1, 0.15) is 5.75 Å². The molecule has 0 saturated heterocycles. The first-order valence-electron chi connectivity index (χ1n) is 11.3. The van der Waals surface area contributed by atoms with Crippen LogP contribution in [0.25, 0.3) is 0 Å². The summed E-state index contributed by atoms with van der Waals surface area (Å²) in [5, 5.41) is 5.82. The van der Waals surface area contributed by atoms with Crippen LogP contribution < -0.4 is 15.4 Å². The zero-order valence-corrected chi connectivity index (χ0v) is 18.6. The number of fused-ring (bicyclic) bond motifs is 1. The molecule has 2 aliphatic rings. The highest BCUT2D eigenvalue weighted by Gasteiger charge is 2.47. The standard InChI is InChI=1S/C27H27N3O3/c1-33-25-13-6-5-11-21(25)22-16-23(22)26(31)30-15-14-20-18(17-30)8-7-12-24(20)29-27(32)28-19-9-3-2-4-10-19/h2-13,22-23H,14-17H2,1H3,(H2,28,29,32). The lowest BCUT2D eigenvalue weighted by molar-refractivity contribution is -0.133. The molecular weight excluding hydrogens is 414 g/mol. The predicted molar refractivity (Wildman–Crippen MR) is 128 cm³/mol. The van der Waals surface area contributed by atoms with Gasteiger partial charge in [0.15, 0.2) is 0 Å². The Labute approximate surface area is 193 Å². The molecule has 0 aromatic heterocycles. The predicted octanol–water partition coefficient (Wildman–Crippen LogP) is 5.03. The molecule has 2 N–H and O–H groups in total. The van der Waals surface area contributed by atoms with Crippen molar-refractivity contribution in [1.29, 1.82) is 0 Å². The number of anilines is 2. The van der Waals surface area contributed by atoms with Gasteiger partial charge < -0.3 is 20.3 Å². The molecule has 3 aromatic carbocycles. The summed E-state index contributed by atoms with van der Waals surface area (Å²) in [6.07, 6.45) is 1.58. The Balaban J connectivity index is 1.24. The third-order valence-corrected chi connectivity index (χ3v) is 6.50. The first-order chi connectivity index (χ1) is 16.1. The molecule has 1 saturated carbocycles. The van der Waals surface area contributed by atoms with E-state index in [2.05, 4.69) is 16.7 Å². The molecule has 3 aromatic rings. The second-order valence-corrected chi connectivity index (χ2v) is 8.59. The van der Waals surface area contributed by atoms with E-state index in [0.29, 0.717) is 13.1 Å². The number of benzene rings is 3. The van der Waals surface area contributed by atoms with E-state index >= 15 is 0 Å². The maximum Gasteiger partial charge on any atom is 0.323 e. The van der Waals surface area contributed by atoms with E-state index in [1.165, 1.54) is 0 Å². The second-order valence-electron chi connectivity index (χ2n) is 8.59. The summed E-state index contributed by atoms with van der Waals surface area (Å²) in [4.78, 5) is 27.6. The van der Waals surface area contributed by atoms with Gasteiger partial charge in [0.25, 0.3) is 0 Å². The summed E-state index contributed by atoms with van der Waals surface area (Å²) >= 11 is 0. The van der Waals surface area contributed by atoms with Crippen molar-refractivity contribution in [3.8, 4) is 5.75 Å². The molecule has 1 heterocycles. The van der Waals surface area contributed by atoms with Crippen LogP contribution in [-0.4, -0.2) is 30.5 Å². The van der Waals surface area contributed by atoms with Crippen LogP contribution in [0, 0.1) is 5.92 Å². The van der Waals surface area contributed by atoms with Gasteiger partial charge in [-0.15, -0.1) is 0 Å². The summed E-state index contributed by atoms with van der Waals surface area (Å²) in [5.41, 5.74) is 4.84. The van der Waals surface area contributed by atoms with E-state index in [-0.39, 0.29) is 23.8 Å². The minimum atomic E-state index is -0.272. The normalized spacial score (nSPS) is 18.8. The van der Waals surface area contributed by atoms with Gasteiger partial charge in [-0.05, 0) is 59.7 Å². The molecule has 168 valence electrons. The van der Waals surface area contributed by atoms with Gasteiger partial charge >= 0.3 is 6.03 Å². The van der Waals surface area contributed by atoms with Crippen molar-refractivity contribution in [2.24, 2.45) is 5.92 Å². The summed E-state index contributed by atoms with van der Waals surface area (Å²) in [6.45, 7) is 1.22. The zero-order chi connectivity index (χ0) is 22.8. The van der Waals surface area contributed by atoms with Crippen LogP contribution in [0.1, 0.15) is 29.0 Å².